The number of aryl methyl sites for hydroxylation is 2. The highest BCUT2D eigenvalue weighted by Crippen LogP contribution is 2.57. The van der Waals surface area contributed by atoms with Crippen molar-refractivity contribution in [3.63, 3.8) is 0 Å². The van der Waals surface area contributed by atoms with Gasteiger partial charge in [-0.25, -0.2) is 0 Å². The second-order valence-electron chi connectivity index (χ2n) is 11.2. The molecule has 1 aromatic carbocycles. The monoisotopic (exact) mass is 496 g/mol. The Morgan fingerprint density at radius 3 is 2.72 bits per heavy atom. The molecule has 2 aromatic rings. The minimum absolute atomic E-state index is 0.0193. The molecule has 0 aliphatic carbocycles. The highest BCUT2D eigenvalue weighted by Gasteiger charge is 2.53. The van der Waals surface area contributed by atoms with E-state index in [0.29, 0.717) is 13.2 Å². The van der Waals surface area contributed by atoms with Crippen LogP contribution in [0.15, 0.2) is 24.4 Å². The Labute approximate surface area is 214 Å². The minimum Gasteiger partial charge on any atom is -0.490 e. The van der Waals surface area contributed by atoms with Crippen molar-refractivity contribution in [3.8, 4) is 11.5 Å². The van der Waals surface area contributed by atoms with E-state index in [4.69, 9.17) is 14.2 Å². The number of para-hydroxylation sites is 1. The van der Waals surface area contributed by atoms with E-state index in [1.807, 2.05) is 43.8 Å². The quantitative estimate of drug-likeness (QED) is 0.631. The molecule has 2 fully saturated rings. The number of aromatic nitrogens is 2. The van der Waals surface area contributed by atoms with Crippen LogP contribution in [0.4, 0.5) is 5.69 Å². The summed E-state index contributed by atoms with van der Waals surface area (Å²) in [5.41, 5.74) is 2.54. The minimum atomic E-state index is -0.351. The van der Waals surface area contributed by atoms with E-state index in [9.17, 15) is 4.79 Å². The van der Waals surface area contributed by atoms with Crippen LogP contribution in [0.2, 0.25) is 0 Å². The van der Waals surface area contributed by atoms with Gasteiger partial charge in [0.25, 0.3) is 0 Å². The summed E-state index contributed by atoms with van der Waals surface area (Å²) < 4.78 is 20.9. The number of fused-ring (bicyclic) bond motifs is 3. The SMILES string of the molecule is CCOc1cccc2c1OC(C)(C)[C@H]1CC3(CCN(CC(=O)Nc4cn(CC)nc4C)CC3)CO[C@H]21. The second-order valence-corrected chi connectivity index (χ2v) is 11.2. The summed E-state index contributed by atoms with van der Waals surface area (Å²) in [6.45, 7) is 14.7. The van der Waals surface area contributed by atoms with Crippen LogP contribution in [0, 0.1) is 18.3 Å². The molecule has 1 aromatic heterocycles. The molecule has 8 nitrogen and oxygen atoms in total. The first-order valence-corrected chi connectivity index (χ1v) is 13.4. The maximum absolute atomic E-state index is 12.7. The first kappa shape index (κ1) is 25.1. The van der Waals surface area contributed by atoms with E-state index >= 15 is 0 Å². The molecule has 5 rings (SSSR count). The lowest BCUT2D eigenvalue weighted by molar-refractivity contribution is -0.174. The number of ether oxygens (including phenoxy) is 3. The molecular formula is C28H40N4O4. The molecule has 196 valence electrons. The number of anilines is 1. The van der Waals surface area contributed by atoms with E-state index < -0.39 is 0 Å². The van der Waals surface area contributed by atoms with Gasteiger partial charge in [-0.3, -0.25) is 14.4 Å². The number of hydrogen-bond donors (Lipinski definition) is 1. The number of nitrogens with one attached hydrogen (secondary N) is 1. The average molecular weight is 497 g/mol. The number of hydrogen-bond acceptors (Lipinski definition) is 6. The van der Waals surface area contributed by atoms with Crippen LogP contribution >= 0.6 is 0 Å². The first-order valence-electron chi connectivity index (χ1n) is 13.4. The van der Waals surface area contributed by atoms with Crippen molar-refractivity contribution in [1.82, 2.24) is 14.7 Å². The molecule has 36 heavy (non-hydrogen) atoms. The topological polar surface area (TPSA) is 77.9 Å². The van der Waals surface area contributed by atoms with E-state index in [2.05, 4.69) is 35.2 Å². The molecule has 2 atom stereocenters. The van der Waals surface area contributed by atoms with Gasteiger partial charge in [0.1, 0.15) is 5.60 Å². The van der Waals surface area contributed by atoms with Gasteiger partial charge in [-0.2, -0.15) is 5.10 Å². The van der Waals surface area contributed by atoms with Crippen molar-refractivity contribution in [2.24, 2.45) is 11.3 Å². The van der Waals surface area contributed by atoms with Crippen molar-refractivity contribution >= 4 is 11.6 Å². The number of likely N-dealkylation sites (tertiary alicyclic amines) is 1. The maximum Gasteiger partial charge on any atom is 0.238 e. The smallest absolute Gasteiger partial charge is 0.238 e. The third-order valence-corrected chi connectivity index (χ3v) is 8.29. The van der Waals surface area contributed by atoms with Crippen LogP contribution < -0.4 is 14.8 Å². The molecule has 3 aliphatic heterocycles. The molecule has 8 heteroatoms. The van der Waals surface area contributed by atoms with Gasteiger partial charge in [0.05, 0.1) is 37.2 Å². The molecule has 0 saturated carbocycles. The van der Waals surface area contributed by atoms with Crippen LogP contribution in [-0.4, -0.2) is 59.0 Å². The lowest BCUT2D eigenvalue weighted by Crippen LogP contribution is -2.54. The fraction of sp³-hybridized carbons (Fsp3) is 0.643. The van der Waals surface area contributed by atoms with E-state index in [1.165, 1.54) is 0 Å². The van der Waals surface area contributed by atoms with Gasteiger partial charge in [0, 0.05) is 24.2 Å². The fourth-order valence-corrected chi connectivity index (χ4v) is 6.14. The zero-order chi connectivity index (χ0) is 25.5. The molecule has 0 unspecified atom stereocenters. The molecule has 0 bridgehead atoms. The molecule has 0 radical (unpaired) electrons. The lowest BCUT2D eigenvalue weighted by atomic mass is 9.64. The summed E-state index contributed by atoms with van der Waals surface area (Å²) in [7, 11) is 0. The van der Waals surface area contributed by atoms with Gasteiger partial charge in [-0.05, 0) is 78.5 Å². The Kier molecular flexibility index (Phi) is 6.76. The van der Waals surface area contributed by atoms with Gasteiger partial charge >= 0.3 is 0 Å². The van der Waals surface area contributed by atoms with Crippen LogP contribution in [0.3, 0.4) is 0 Å². The summed E-state index contributed by atoms with van der Waals surface area (Å²) in [5.74, 6) is 1.92. The highest BCUT2D eigenvalue weighted by molar-refractivity contribution is 5.92. The van der Waals surface area contributed by atoms with Gasteiger partial charge < -0.3 is 19.5 Å². The normalized spacial score (nSPS) is 24.5. The second kappa shape index (κ2) is 9.71. The molecule has 1 spiro atoms. The maximum atomic E-state index is 12.7. The number of nitrogens with zero attached hydrogens (tertiary/aromatic N) is 3. The Balaban J connectivity index is 1.22. The van der Waals surface area contributed by atoms with E-state index in [1.54, 1.807) is 0 Å². The van der Waals surface area contributed by atoms with Gasteiger partial charge in [-0.1, -0.05) is 12.1 Å². The number of carbonyl (C=O) groups is 1. The summed E-state index contributed by atoms with van der Waals surface area (Å²) in [6.07, 6.45) is 5.04. The number of piperidine rings is 1. The van der Waals surface area contributed by atoms with Gasteiger partial charge in [0.2, 0.25) is 5.91 Å². The molecular weight excluding hydrogens is 456 g/mol. The Hall–Kier alpha value is -2.58. The molecule has 3 aliphatic rings. The predicted molar refractivity (Wildman–Crippen MR) is 138 cm³/mol. The zero-order valence-electron chi connectivity index (χ0n) is 22.3. The highest BCUT2D eigenvalue weighted by atomic mass is 16.5. The first-order chi connectivity index (χ1) is 17.2. The Bertz CT molecular complexity index is 1100. The van der Waals surface area contributed by atoms with Crippen molar-refractivity contribution in [1.29, 1.82) is 0 Å². The molecule has 1 N–H and O–H groups in total. The van der Waals surface area contributed by atoms with E-state index in [0.717, 1.165) is 73.9 Å². The Morgan fingerprint density at radius 2 is 2.03 bits per heavy atom. The Morgan fingerprint density at radius 1 is 1.25 bits per heavy atom. The van der Waals surface area contributed by atoms with Gasteiger partial charge in [-0.15, -0.1) is 0 Å². The van der Waals surface area contributed by atoms with Crippen LogP contribution in [-0.2, 0) is 16.1 Å². The third kappa shape index (κ3) is 4.73. The number of benzene rings is 1. The summed E-state index contributed by atoms with van der Waals surface area (Å²) in [6, 6.07) is 6.14. The number of amides is 1. The predicted octanol–water partition coefficient (Wildman–Crippen LogP) is 4.58. The van der Waals surface area contributed by atoms with Crippen molar-refractivity contribution in [2.45, 2.75) is 72.1 Å². The summed E-state index contributed by atoms with van der Waals surface area (Å²) in [5, 5.41) is 7.45. The summed E-state index contributed by atoms with van der Waals surface area (Å²) >= 11 is 0. The van der Waals surface area contributed by atoms with Crippen molar-refractivity contribution in [3.05, 3.63) is 35.7 Å². The molecule has 4 heterocycles. The van der Waals surface area contributed by atoms with E-state index in [-0.39, 0.29) is 28.9 Å². The molecule has 1 amide bonds. The standard InChI is InChI=1S/C28H40N4O4/c1-6-32-16-22(19(3)30-32)29-24(33)17-31-13-11-28(12-14-31)15-21-25(35-18-28)20-9-8-10-23(34-7-2)26(20)36-27(21,4)5/h8-10,16,21,25H,6-7,11-15,17-18H2,1-5H3,(H,29,33)/t21-,25+/m0/s1. The number of carbonyl (C=O) groups excluding carboxylic acids is 1. The van der Waals surface area contributed by atoms with Gasteiger partial charge in [0.15, 0.2) is 11.5 Å². The average Bonchev–Trinajstić information content (AvgIpc) is 3.20. The van der Waals surface area contributed by atoms with Crippen LogP contribution in [0.25, 0.3) is 0 Å². The fourth-order valence-electron chi connectivity index (χ4n) is 6.14. The largest absolute Gasteiger partial charge is 0.490 e. The lowest BCUT2D eigenvalue weighted by Gasteiger charge is -2.54. The zero-order valence-corrected chi connectivity index (χ0v) is 22.3. The van der Waals surface area contributed by atoms with Crippen LogP contribution in [0.1, 0.15) is 64.3 Å². The van der Waals surface area contributed by atoms with Crippen molar-refractivity contribution < 1.29 is 19.0 Å². The molecule has 2 saturated heterocycles. The van der Waals surface area contributed by atoms with Crippen molar-refractivity contribution in [2.75, 3.05) is 38.2 Å². The summed E-state index contributed by atoms with van der Waals surface area (Å²) in [4.78, 5) is 15.0. The van der Waals surface area contributed by atoms with Crippen LogP contribution in [0.5, 0.6) is 11.5 Å². The third-order valence-electron chi connectivity index (χ3n) is 8.29. The number of rotatable bonds is 6.